The van der Waals surface area contributed by atoms with E-state index in [1.165, 1.54) is 12.8 Å². The first-order chi connectivity index (χ1) is 8.29. The van der Waals surface area contributed by atoms with Crippen LogP contribution >= 0.6 is 0 Å². The van der Waals surface area contributed by atoms with E-state index in [1.807, 2.05) is 4.90 Å². The van der Waals surface area contributed by atoms with Crippen molar-refractivity contribution in [3.05, 3.63) is 0 Å². The van der Waals surface area contributed by atoms with Gasteiger partial charge in [0.15, 0.2) is 0 Å². The predicted molar refractivity (Wildman–Crippen MR) is 65.7 cm³/mol. The van der Waals surface area contributed by atoms with Crippen molar-refractivity contribution in [3.8, 4) is 0 Å². The molecule has 2 saturated heterocycles. The fraction of sp³-hybridized carbons (Fsp3) is 0.917. The summed E-state index contributed by atoms with van der Waals surface area (Å²) in [7, 11) is 0. The predicted octanol–water partition coefficient (Wildman–Crippen LogP) is -0.342. The highest BCUT2D eigenvalue weighted by atomic mass is 16.5. The molecule has 98 valence electrons. The molecule has 2 aliphatic heterocycles. The molecule has 0 aromatic carbocycles. The van der Waals surface area contributed by atoms with Gasteiger partial charge in [0.05, 0.1) is 12.6 Å². The van der Waals surface area contributed by atoms with Gasteiger partial charge < -0.3 is 15.4 Å². The minimum absolute atomic E-state index is 0.0731. The highest BCUT2D eigenvalue weighted by molar-refractivity contribution is 5.78. The van der Waals surface area contributed by atoms with Crippen LogP contribution in [0.4, 0.5) is 0 Å². The van der Waals surface area contributed by atoms with Gasteiger partial charge in [-0.1, -0.05) is 0 Å². The number of rotatable bonds is 3. The van der Waals surface area contributed by atoms with E-state index in [0.717, 1.165) is 45.8 Å². The molecule has 0 aromatic heterocycles. The molecule has 5 heteroatoms. The first-order valence-corrected chi connectivity index (χ1v) is 6.61. The zero-order valence-corrected chi connectivity index (χ0v) is 10.4. The summed E-state index contributed by atoms with van der Waals surface area (Å²) >= 11 is 0. The molecule has 0 saturated carbocycles. The highest BCUT2D eigenvalue weighted by Gasteiger charge is 2.22. The zero-order valence-electron chi connectivity index (χ0n) is 10.4. The van der Waals surface area contributed by atoms with Crippen molar-refractivity contribution in [2.75, 3.05) is 45.9 Å². The molecule has 0 radical (unpaired) electrons. The van der Waals surface area contributed by atoms with Crippen LogP contribution < -0.4 is 5.73 Å². The normalized spacial score (nSPS) is 27.1. The Morgan fingerprint density at radius 3 is 2.82 bits per heavy atom. The molecule has 1 atom stereocenters. The summed E-state index contributed by atoms with van der Waals surface area (Å²) in [5.74, 6) is 0.0731. The minimum atomic E-state index is 0.0731. The molecule has 0 bridgehead atoms. The van der Waals surface area contributed by atoms with Crippen LogP contribution in [0.1, 0.15) is 19.3 Å². The van der Waals surface area contributed by atoms with E-state index < -0.39 is 0 Å². The summed E-state index contributed by atoms with van der Waals surface area (Å²) in [4.78, 5) is 15.8. The van der Waals surface area contributed by atoms with Crippen LogP contribution in [0.3, 0.4) is 0 Å². The number of hydrogen-bond acceptors (Lipinski definition) is 4. The minimum Gasteiger partial charge on any atom is -0.377 e. The molecule has 0 spiro atoms. The molecule has 1 amide bonds. The fourth-order valence-electron chi connectivity index (χ4n) is 2.61. The van der Waals surface area contributed by atoms with Crippen molar-refractivity contribution in [1.82, 2.24) is 9.80 Å². The fourth-order valence-corrected chi connectivity index (χ4v) is 2.61. The standard InChI is InChI=1S/C12H23N3O2/c13-9-12(16)15-5-2-4-14(6-7-15)10-11-3-1-8-17-11/h11H,1-10,13H2. The van der Waals surface area contributed by atoms with Crippen molar-refractivity contribution in [2.45, 2.75) is 25.4 Å². The van der Waals surface area contributed by atoms with E-state index >= 15 is 0 Å². The second kappa shape index (κ2) is 6.33. The maximum Gasteiger partial charge on any atom is 0.236 e. The Bertz CT molecular complexity index is 254. The van der Waals surface area contributed by atoms with Gasteiger partial charge in [-0.3, -0.25) is 9.69 Å². The van der Waals surface area contributed by atoms with Gasteiger partial charge in [-0.25, -0.2) is 0 Å². The number of carbonyl (C=O) groups excluding carboxylic acids is 1. The Balaban J connectivity index is 1.76. The van der Waals surface area contributed by atoms with E-state index in [2.05, 4.69) is 4.90 Å². The summed E-state index contributed by atoms with van der Waals surface area (Å²) < 4.78 is 5.65. The summed E-state index contributed by atoms with van der Waals surface area (Å²) in [6.07, 6.45) is 3.82. The number of ether oxygens (including phenoxy) is 1. The molecule has 2 aliphatic rings. The SMILES string of the molecule is NCC(=O)N1CCCN(CC2CCCO2)CC1. The van der Waals surface area contributed by atoms with Gasteiger partial charge >= 0.3 is 0 Å². The summed E-state index contributed by atoms with van der Waals surface area (Å²) in [6, 6.07) is 0. The van der Waals surface area contributed by atoms with Gasteiger partial charge in [-0.15, -0.1) is 0 Å². The maximum atomic E-state index is 11.5. The second-order valence-corrected chi connectivity index (χ2v) is 4.87. The van der Waals surface area contributed by atoms with E-state index in [-0.39, 0.29) is 12.5 Å². The summed E-state index contributed by atoms with van der Waals surface area (Å²) in [5.41, 5.74) is 5.40. The molecule has 1 unspecified atom stereocenters. The van der Waals surface area contributed by atoms with Gasteiger partial charge in [0.1, 0.15) is 0 Å². The molecular weight excluding hydrogens is 218 g/mol. The van der Waals surface area contributed by atoms with Gasteiger partial charge in [0.25, 0.3) is 0 Å². The van der Waals surface area contributed by atoms with Gasteiger partial charge in [-0.2, -0.15) is 0 Å². The Hall–Kier alpha value is -0.650. The molecule has 2 fully saturated rings. The topological polar surface area (TPSA) is 58.8 Å². The second-order valence-electron chi connectivity index (χ2n) is 4.87. The number of nitrogens with zero attached hydrogens (tertiary/aromatic N) is 2. The summed E-state index contributed by atoms with van der Waals surface area (Å²) in [6.45, 7) is 5.73. The molecule has 0 aromatic rings. The average Bonchev–Trinajstić information content (AvgIpc) is 2.73. The van der Waals surface area contributed by atoms with E-state index in [9.17, 15) is 4.79 Å². The van der Waals surface area contributed by atoms with Crippen molar-refractivity contribution in [1.29, 1.82) is 0 Å². The Kier molecular flexibility index (Phi) is 4.76. The Morgan fingerprint density at radius 2 is 2.12 bits per heavy atom. The van der Waals surface area contributed by atoms with Crippen molar-refractivity contribution < 1.29 is 9.53 Å². The van der Waals surface area contributed by atoms with Gasteiger partial charge in [-0.05, 0) is 25.8 Å². The molecule has 2 rings (SSSR count). The van der Waals surface area contributed by atoms with Crippen molar-refractivity contribution >= 4 is 5.91 Å². The summed E-state index contributed by atoms with van der Waals surface area (Å²) in [5, 5.41) is 0. The van der Waals surface area contributed by atoms with Crippen LogP contribution in [-0.2, 0) is 9.53 Å². The third-order valence-corrected chi connectivity index (χ3v) is 3.60. The van der Waals surface area contributed by atoms with Crippen LogP contribution in [0.2, 0.25) is 0 Å². The smallest absolute Gasteiger partial charge is 0.236 e. The van der Waals surface area contributed by atoms with Crippen LogP contribution in [0.15, 0.2) is 0 Å². The van der Waals surface area contributed by atoms with Gasteiger partial charge in [0.2, 0.25) is 5.91 Å². The number of amides is 1. The first kappa shape index (κ1) is 12.8. The van der Waals surface area contributed by atoms with E-state index in [1.54, 1.807) is 0 Å². The van der Waals surface area contributed by atoms with Crippen LogP contribution in [0, 0.1) is 0 Å². The zero-order chi connectivity index (χ0) is 12.1. The molecule has 2 heterocycles. The molecule has 2 N–H and O–H groups in total. The van der Waals surface area contributed by atoms with Crippen LogP contribution in [0.25, 0.3) is 0 Å². The third-order valence-electron chi connectivity index (χ3n) is 3.60. The molecule has 0 aliphatic carbocycles. The lowest BCUT2D eigenvalue weighted by Crippen LogP contribution is -2.39. The largest absolute Gasteiger partial charge is 0.377 e. The molecule has 5 nitrogen and oxygen atoms in total. The molecule has 17 heavy (non-hydrogen) atoms. The quantitative estimate of drug-likeness (QED) is 0.734. The lowest BCUT2D eigenvalue weighted by molar-refractivity contribution is -0.129. The Morgan fingerprint density at radius 1 is 1.24 bits per heavy atom. The lowest BCUT2D eigenvalue weighted by Gasteiger charge is -2.23. The van der Waals surface area contributed by atoms with Crippen LogP contribution in [-0.4, -0.2) is 67.7 Å². The first-order valence-electron chi connectivity index (χ1n) is 6.61. The number of nitrogens with two attached hydrogens (primary N) is 1. The van der Waals surface area contributed by atoms with Crippen molar-refractivity contribution in [2.24, 2.45) is 5.73 Å². The lowest BCUT2D eigenvalue weighted by atomic mass is 10.2. The Labute approximate surface area is 103 Å². The highest BCUT2D eigenvalue weighted by Crippen LogP contribution is 2.14. The van der Waals surface area contributed by atoms with Gasteiger partial charge in [0, 0.05) is 32.8 Å². The maximum absolute atomic E-state index is 11.5. The third kappa shape index (κ3) is 3.66. The van der Waals surface area contributed by atoms with Crippen molar-refractivity contribution in [3.63, 3.8) is 0 Å². The number of carbonyl (C=O) groups is 1. The monoisotopic (exact) mass is 241 g/mol. The van der Waals surface area contributed by atoms with E-state index in [0.29, 0.717) is 6.10 Å². The number of hydrogen-bond donors (Lipinski definition) is 1. The molecular formula is C12H23N3O2. The average molecular weight is 241 g/mol. The van der Waals surface area contributed by atoms with Crippen LogP contribution in [0.5, 0.6) is 0 Å². The van der Waals surface area contributed by atoms with E-state index in [4.69, 9.17) is 10.5 Å².